The van der Waals surface area contributed by atoms with Gasteiger partial charge in [-0.3, -0.25) is 9.20 Å². The topological polar surface area (TPSA) is 46.4 Å². The van der Waals surface area contributed by atoms with E-state index < -0.39 is 11.6 Å². The predicted molar refractivity (Wildman–Crippen MR) is 104 cm³/mol. The van der Waals surface area contributed by atoms with E-state index in [-0.39, 0.29) is 16.6 Å². The van der Waals surface area contributed by atoms with Crippen LogP contribution >= 0.6 is 23.1 Å². The zero-order valence-electron chi connectivity index (χ0n) is 13.9. The Hall–Kier alpha value is -2.71. The van der Waals surface area contributed by atoms with Gasteiger partial charge in [-0.15, -0.1) is 23.1 Å². The third kappa shape index (κ3) is 4.01. The van der Waals surface area contributed by atoms with Crippen molar-refractivity contribution < 1.29 is 13.6 Å². The molecular formula is C19H13F2N3OS2. The molecule has 2 aromatic carbocycles. The third-order valence-corrected chi connectivity index (χ3v) is 5.63. The van der Waals surface area contributed by atoms with E-state index in [4.69, 9.17) is 0 Å². The molecule has 4 nitrogen and oxygen atoms in total. The lowest BCUT2D eigenvalue weighted by molar-refractivity contribution is -0.113. The Morgan fingerprint density at radius 2 is 2.00 bits per heavy atom. The third-order valence-electron chi connectivity index (χ3n) is 3.81. The summed E-state index contributed by atoms with van der Waals surface area (Å²) >= 11 is 2.59. The van der Waals surface area contributed by atoms with E-state index in [0.717, 1.165) is 34.0 Å². The highest BCUT2D eigenvalue weighted by Crippen LogP contribution is 2.24. The number of imidazole rings is 1. The fraction of sp³-hybridized carbons (Fsp3) is 0.0526. The van der Waals surface area contributed by atoms with Gasteiger partial charge in [-0.25, -0.2) is 13.8 Å². The van der Waals surface area contributed by atoms with Gasteiger partial charge in [0.05, 0.1) is 11.4 Å². The second-order valence-corrected chi connectivity index (χ2v) is 7.60. The van der Waals surface area contributed by atoms with Gasteiger partial charge in [-0.1, -0.05) is 12.1 Å². The molecule has 136 valence electrons. The molecule has 0 saturated carbocycles. The quantitative estimate of drug-likeness (QED) is 0.475. The van der Waals surface area contributed by atoms with Gasteiger partial charge in [-0.05, 0) is 24.3 Å². The maximum absolute atomic E-state index is 13.6. The van der Waals surface area contributed by atoms with Crippen molar-refractivity contribution >= 4 is 39.7 Å². The van der Waals surface area contributed by atoms with E-state index >= 15 is 0 Å². The summed E-state index contributed by atoms with van der Waals surface area (Å²) < 4.78 is 28.4. The van der Waals surface area contributed by atoms with Crippen LogP contribution in [0.5, 0.6) is 0 Å². The average molecular weight is 401 g/mol. The zero-order valence-corrected chi connectivity index (χ0v) is 15.5. The first-order valence-corrected chi connectivity index (χ1v) is 9.85. The van der Waals surface area contributed by atoms with E-state index in [0.29, 0.717) is 5.69 Å². The molecule has 0 bridgehead atoms. The summed E-state index contributed by atoms with van der Waals surface area (Å²) in [5, 5.41) is 4.74. The summed E-state index contributed by atoms with van der Waals surface area (Å²) in [5.74, 6) is -1.54. The van der Waals surface area contributed by atoms with Crippen LogP contribution in [0.15, 0.2) is 65.1 Å². The minimum Gasteiger partial charge on any atom is -0.325 e. The summed E-state index contributed by atoms with van der Waals surface area (Å²) in [5.41, 5.74) is 2.46. The van der Waals surface area contributed by atoms with Crippen LogP contribution < -0.4 is 5.32 Å². The summed E-state index contributed by atoms with van der Waals surface area (Å²) in [6.45, 7) is 0. The Morgan fingerprint density at radius 3 is 2.74 bits per heavy atom. The molecule has 4 aromatic rings. The van der Waals surface area contributed by atoms with Crippen molar-refractivity contribution in [3.8, 4) is 11.3 Å². The number of halogens is 2. The maximum atomic E-state index is 13.6. The highest BCUT2D eigenvalue weighted by molar-refractivity contribution is 8.00. The van der Waals surface area contributed by atoms with Gasteiger partial charge < -0.3 is 5.32 Å². The van der Waals surface area contributed by atoms with Crippen LogP contribution in [0.2, 0.25) is 0 Å². The Balaban J connectivity index is 1.37. The molecule has 2 aromatic heterocycles. The lowest BCUT2D eigenvalue weighted by Gasteiger charge is -2.06. The molecule has 1 N–H and O–H groups in total. The van der Waals surface area contributed by atoms with Crippen LogP contribution in [0.4, 0.5) is 14.5 Å². The van der Waals surface area contributed by atoms with Crippen LogP contribution in [-0.2, 0) is 4.79 Å². The van der Waals surface area contributed by atoms with Crippen molar-refractivity contribution in [2.45, 2.75) is 4.90 Å². The molecule has 8 heteroatoms. The second-order valence-electron chi connectivity index (χ2n) is 5.71. The molecule has 0 atom stereocenters. The van der Waals surface area contributed by atoms with Crippen LogP contribution in [0.25, 0.3) is 16.2 Å². The number of rotatable bonds is 5. The average Bonchev–Trinajstić information content (AvgIpc) is 3.23. The molecule has 27 heavy (non-hydrogen) atoms. The Kier molecular flexibility index (Phi) is 4.91. The van der Waals surface area contributed by atoms with Crippen molar-refractivity contribution in [3.63, 3.8) is 0 Å². The lowest BCUT2D eigenvalue weighted by Crippen LogP contribution is -2.14. The zero-order chi connectivity index (χ0) is 18.8. The minimum absolute atomic E-state index is 0.0294. The van der Waals surface area contributed by atoms with Gasteiger partial charge >= 0.3 is 0 Å². The number of hydrogen-bond donors (Lipinski definition) is 1. The van der Waals surface area contributed by atoms with E-state index in [1.165, 1.54) is 12.1 Å². The predicted octanol–water partition coefficient (Wildman–Crippen LogP) is 5.07. The van der Waals surface area contributed by atoms with E-state index in [2.05, 4.69) is 10.3 Å². The molecule has 2 heterocycles. The van der Waals surface area contributed by atoms with Gasteiger partial charge in [0.25, 0.3) is 0 Å². The molecule has 1 amide bonds. The van der Waals surface area contributed by atoms with Crippen molar-refractivity contribution in [1.82, 2.24) is 9.38 Å². The van der Waals surface area contributed by atoms with Crippen molar-refractivity contribution in [2.75, 3.05) is 11.1 Å². The van der Waals surface area contributed by atoms with Gasteiger partial charge in [-0.2, -0.15) is 0 Å². The number of amides is 1. The highest BCUT2D eigenvalue weighted by Gasteiger charge is 2.09. The first kappa shape index (κ1) is 17.7. The highest BCUT2D eigenvalue weighted by atomic mass is 32.2. The van der Waals surface area contributed by atoms with Gasteiger partial charge in [0, 0.05) is 40.0 Å². The smallest absolute Gasteiger partial charge is 0.234 e. The molecule has 0 fully saturated rings. The fourth-order valence-electron chi connectivity index (χ4n) is 2.52. The molecule has 0 radical (unpaired) electrons. The molecule has 4 rings (SSSR count). The Labute approximate surface area is 161 Å². The first-order chi connectivity index (χ1) is 13.1. The minimum atomic E-state index is -0.669. The van der Waals surface area contributed by atoms with Crippen LogP contribution in [-0.4, -0.2) is 21.0 Å². The van der Waals surface area contributed by atoms with Crippen molar-refractivity contribution in [2.24, 2.45) is 0 Å². The number of hydrogen-bond acceptors (Lipinski definition) is 4. The molecule has 0 aliphatic carbocycles. The van der Waals surface area contributed by atoms with Crippen LogP contribution in [0, 0.1) is 11.6 Å². The summed E-state index contributed by atoms with van der Waals surface area (Å²) in [7, 11) is 0. The molecule has 0 aliphatic heterocycles. The standard InChI is InChI=1S/C19H13F2N3OS2/c20-13-3-6-17(15(21)9-13)27-11-18(25)22-14-4-1-12(2-5-14)16-10-24-7-8-26-19(24)23-16/h1-10H,11H2,(H,22,25). The monoisotopic (exact) mass is 401 g/mol. The maximum Gasteiger partial charge on any atom is 0.234 e. The van der Waals surface area contributed by atoms with Gasteiger partial charge in [0.2, 0.25) is 5.91 Å². The largest absolute Gasteiger partial charge is 0.325 e. The second kappa shape index (κ2) is 7.50. The number of carbonyl (C=O) groups is 1. The van der Waals surface area contributed by atoms with Gasteiger partial charge in [0.1, 0.15) is 11.6 Å². The fourth-order valence-corrected chi connectivity index (χ4v) is 3.94. The molecule has 0 spiro atoms. The number of anilines is 1. The SMILES string of the molecule is O=C(CSc1ccc(F)cc1F)Nc1ccc(-c2cn3ccsc3n2)cc1. The van der Waals surface area contributed by atoms with Crippen molar-refractivity contribution in [1.29, 1.82) is 0 Å². The van der Waals surface area contributed by atoms with Gasteiger partial charge in [0.15, 0.2) is 4.96 Å². The number of nitrogens with zero attached hydrogens (tertiary/aromatic N) is 2. The molecular weight excluding hydrogens is 388 g/mol. The van der Waals surface area contributed by atoms with Crippen molar-refractivity contribution in [3.05, 3.63) is 71.9 Å². The summed E-state index contributed by atoms with van der Waals surface area (Å²) in [6, 6.07) is 10.7. The van der Waals surface area contributed by atoms with E-state index in [9.17, 15) is 13.6 Å². The number of thioether (sulfide) groups is 1. The normalized spacial score (nSPS) is 11.0. The van der Waals surface area contributed by atoms with E-state index in [1.54, 1.807) is 23.5 Å². The number of aromatic nitrogens is 2. The summed E-state index contributed by atoms with van der Waals surface area (Å²) in [6.07, 6.45) is 3.90. The number of fused-ring (bicyclic) bond motifs is 1. The first-order valence-electron chi connectivity index (χ1n) is 7.99. The Morgan fingerprint density at radius 1 is 1.19 bits per heavy atom. The van der Waals surface area contributed by atoms with Crippen LogP contribution in [0.3, 0.4) is 0 Å². The molecule has 0 unspecified atom stereocenters. The number of nitrogens with one attached hydrogen (secondary N) is 1. The summed E-state index contributed by atoms with van der Waals surface area (Å²) in [4.78, 5) is 17.8. The molecule has 0 aliphatic rings. The van der Waals surface area contributed by atoms with E-state index in [1.807, 2.05) is 34.3 Å². The molecule has 0 saturated heterocycles. The lowest BCUT2D eigenvalue weighted by atomic mass is 10.1. The Bertz CT molecular complexity index is 1080. The number of carbonyl (C=O) groups excluding carboxylic acids is 1. The number of thiazole rings is 1. The number of benzene rings is 2. The van der Waals surface area contributed by atoms with Crippen LogP contribution in [0.1, 0.15) is 0 Å².